The fourth-order valence-electron chi connectivity index (χ4n) is 3.39. The largest absolute Gasteiger partial charge is 0.464 e. The van der Waals surface area contributed by atoms with Crippen molar-refractivity contribution in [1.29, 1.82) is 0 Å². The fourth-order valence-corrected chi connectivity index (χ4v) is 3.39. The molecule has 116 valence electrons. The van der Waals surface area contributed by atoms with Crippen LogP contribution in [0.4, 0.5) is 0 Å². The third kappa shape index (κ3) is 3.15. The molecule has 0 aromatic carbocycles. The molecule has 0 radical (unpaired) electrons. The molecule has 1 amide bonds. The van der Waals surface area contributed by atoms with E-state index >= 15 is 0 Å². The molecule has 4 nitrogen and oxygen atoms in total. The number of hydrogen-bond donors (Lipinski definition) is 0. The Kier molecular flexibility index (Phi) is 4.63. The Morgan fingerprint density at radius 3 is 2.86 bits per heavy atom. The Balaban J connectivity index is 1.81. The number of ether oxygens (including phenoxy) is 1. The van der Waals surface area contributed by atoms with Gasteiger partial charge in [-0.2, -0.15) is 0 Å². The van der Waals surface area contributed by atoms with Gasteiger partial charge >= 0.3 is 0 Å². The first-order valence-corrected chi connectivity index (χ1v) is 8.30. The molecule has 2 unspecified atom stereocenters. The van der Waals surface area contributed by atoms with Gasteiger partial charge in [0.2, 0.25) is 0 Å². The van der Waals surface area contributed by atoms with Gasteiger partial charge in [0.15, 0.2) is 0 Å². The maximum absolute atomic E-state index is 12.8. The molecule has 2 aliphatic heterocycles. The minimum Gasteiger partial charge on any atom is -0.464 e. The molecule has 3 heterocycles. The molecule has 21 heavy (non-hydrogen) atoms. The summed E-state index contributed by atoms with van der Waals surface area (Å²) in [6.07, 6.45) is 6.94. The molecule has 0 spiro atoms. The predicted molar refractivity (Wildman–Crippen MR) is 80.0 cm³/mol. The highest BCUT2D eigenvalue weighted by Crippen LogP contribution is 2.33. The second-order valence-electron chi connectivity index (χ2n) is 6.06. The molecule has 2 saturated heterocycles. The van der Waals surface area contributed by atoms with E-state index in [1.165, 1.54) is 6.42 Å². The summed E-state index contributed by atoms with van der Waals surface area (Å²) in [6.45, 7) is 3.63. The van der Waals surface area contributed by atoms with E-state index < -0.39 is 0 Å². The molecule has 3 rings (SSSR count). The SMILES string of the molecule is CCc1ccc(C2CCCCCN2C(=O)C2CCCO2)o1. The van der Waals surface area contributed by atoms with Crippen molar-refractivity contribution in [2.75, 3.05) is 13.2 Å². The average Bonchev–Trinajstić information content (AvgIpc) is 3.14. The van der Waals surface area contributed by atoms with Crippen LogP contribution in [0.2, 0.25) is 0 Å². The van der Waals surface area contributed by atoms with E-state index in [4.69, 9.17) is 9.15 Å². The van der Waals surface area contributed by atoms with Gasteiger partial charge in [0.1, 0.15) is 17.6 Å². The summed E-state index contributed by atoms with van der Waals surface area (Å²) in [4.78, 5) is 14.8. The van der Waals surface area contributed by atoms with Crippen LogP contribution in [0, 0.1) is 0 Å². The van der Waals surface area contributed by atoms with Gasteiger partial charge in [0, 0.05) is 19.6 Å². The van der Waals surface area contributed by atoms with Gasteiger partial charge in [-0.25, -0.2) is 0 Å². The summed E-state index contributed by atoms with van der Waals surface area (Å²) in [7, 11) is 0. The Morgan fingerprint density at radius 1 is 1.24 bits per heavy atom. The van der Waals surface area contributed by atoms with Gasteiger partial charge in [0.25, 0.3) is 5.91 Å². The lowest BCUT2D eigenvalue weighted by Gasteiger charge is -2.30. The molecule has 1 aromatic heterocycles. The van der Waals surface area contributed by atoms with Crippen molar-refractivity contribution < 1.29 is 13.9 Å². The number of likely N-dealkylation sites (tertiary alicyclic amines) is 1. The molecule has 4 heteroatoms. The highest BCUT2D eigenvalue weighted by atomic mass is 16.5. The Hall–Kier alpha value is -1.29. The van der Waals surface area contributed by atoms with E-state index in [0.29, 0.717) is 0 Å². The molecule has 2 aliphatic rings. The maximum atomic E-state index is 12.8. The van der Waals surface area contributed by atoms with Crippen LogP contribution in [0.3, 0.4) is 0 Å². The van der Waals surface area contributed by atoms with Gasteiger partial charge in [0.05, 0.1) is 6.04 Å². The number of amides is 1. The lowest BCUT2D eigenvalue weighted by atomic mass is 10.1. The van der Waals surface area contributed by atoms with Crippen molar-refractivity contribution in [2.24, 2.45) is 0 Å². The predicted octanol–water partition coefficient (Wildman–Crippen LogP) is 3.46. The first kappa shape index (κ1) is 14.6. The van der Waals surface area contributed by atoms with Crippen molar-refractivity contribution in [3.63, 3.8) is 0 Å². The summed E-state index contributed by atoms with van der Waals surface area (Å²) >= 11 is 0. The summed E-state index contributed by atoms with van der Waals surface area (Å²) in [5, 5.41) is 0. The van der Waals surface area contributed by atoms with Crippen LogP contribution < -0.4 is 0 Å². The van der Waals surface area contributed by atoms with Crippen LogP contribution in [-0.4, -0.2) is 30.1 Å². The maximum Gasteiger partial charge on any atom is 0.252 e. The quantitative estimate of drug-likeness (QED) is 0.856. The van der Waals surface area contributed by atoms with Gasteiger partial charge < -0.3 is 14.1 Å². The van der Waals surface area contributed by atoms with Crippen molar-refractivity contribution in [3.8, 4) is 0 Å². The van der Waals surface area contributed by atoms with E-state index in [-0.39, 0.29) is 18.1 Å². The zero-order valence-corrected chi connectivity index (χ0v) is 12.8. The van der Waals surface area contributed by atoms with E-state index in [1.807, 2.05) is 17.0 Å². The van der Waals surface area contributed by atoms with E-state index in [9.17, 15) is 4.79 Å². The molecule has 0 aliphatic carbocycles. The molecule has 0 bridgehead atoms. The van der Waals surface area contributed by atoms with Crippen molar-refractivity contribution in [2.45, 2.75) is 64.0 Å². The first-order chi connectivity index (χ1) is 10.3. The van der Waals surface area contributed by atoms with Crippen molar-refractivity contribution in [3.05, 3.63) is 23.7 Å². The molecule has 0 saturated carbocycles. The molecule has 1 aromatic rings. The van der Waals surface area contributed by atoms with Crippen LogP contribution >= 0.6 is 0 Å². The van der Waals surface area contributed by atoms with E-state index in [0.717, 1.165) is 63.2 Å². The monoisotopic (exact) mass is 291 g/mol. The van der Waals surface area contributed by atoms with Crippen molar-refractivity contribution in [1.82, 2.24) is 4.90 Å². The van der Waals surface area contributed by atoms with E-state index in [1.54, 1.807) is 0 Å². The normalized spacial score (nSPS) is 26.8. The number of rotatable bonds is 3. The second kappa shape index (κ2) is 6.65. The summed E-state index contributed by atoms with van der Waals surface area (Å²) < 4.78 is 11.5. The molecule has 0 N–H and O–H groups in total. The molecular weight excluding hydrogens is 266 g/mol. The summed E-state index contributed by atoms with van der Waals surface area (Å²) in [5.41, 5.74) is 0. The summed E-state index contributed by atoms with van der Waals surface area (Å²) in [5.74, 6) is 2.10. The Bertz CT molecular complexity index is 476. The van der Waals surface area contributed by atoms with Gasteiger partial charge in [-0.3, -0.25) is 4.79 Å². The number of carbonyl (C=O) groups is 1. The first-order valence-electron chi connectivity index (χ1n) is 8.30. The average molecular weight is 291 g/mol. The molecular formula is C17H25NO3. The van der Waals surface area contributed by atoms with E-state index in [2.05, 4.69) is 6.92 Å². The highest BCUT2D eigenvalue weighted by Gasteiger charge is 2.34. The minimum absolute atomic E-state index is 0.0875. The van der Waals surface area contributed by atoms with Crippen LogP contribution in [0.1, 0.15) is 63.0 Å². The standard InChI is InChI=1S/C17H25NO3/c1-2-13-9-10-15(21-13)14-7-4-3-5-11-18(14)17(19)16-8-6-12-20-16/h9-10,14,16H,2-8,11-12H2,1H3. The highest BCUT2D eigenvalue weighted by molar-refractivity contribution is 5.81. The van der Waals surface area contributed by atoms with Crippen molar-refractivity contribution >= 4 is 5.91 Å². The Labute approximate surface area is 126 Å². The number of aryl methyl sites for hydroxylation is 1. The second-order valence-corrected chi connectivity index (χ2v) is 6.06. The third-order valence-electron chi connectivity index (χ3n) is 4.60. The van der Waals surface area contributed by atoms with Crippen LogP contribution in [0.5, 0.6) is 0 Å². The van der Waals surface area contributed by atoms with Crippen LogP contribution in [-0.2, 0) is 16.0 Å². The fraction of sp³-hybridized carbons (Fsp3) is 0.706. The zero-order valence-electron chi connectivity index (χ0n) is 12.8. The lowest BCUT2D eigenvalue weighted by molar-refractivity contribution is -0.143. The van der Waals surface area contributed by atoms with Gasteiger partial charge in [-0.1, -0.05) is 19.8 Å². The number of nitrogens with zero attached hydrogens (tertiary/aromatic N) is 1. The number of carbonyl (C=O) groups excluding carboxylic acids is 1. The Morgan fingerprint density at radius 2 is 2.14 bits per heavy atom. The number of furan rings is 1. The minimum atomic E-state index is -0.230. The number of hydrogen-bond acceptors (Lipinski definition) is 3. The van der Waals surface area contributed by atoms with Gasteiger partial charge in [-0.15, -0.1) is 0 Å². The smallest absolute Gasteiger partial charge is 0.252 e. The van der Waals surface area contributed by atoms with Crippen LogP contribution in [0.15, 0.2) is 16.5 Å². The summed E-state index contributed by atoms with van der Waals surface area (Å²) in [6, 6.07) is 4.17. The zero-order chi connectivity index (χ0) is 14.7. The topological polar surface area (TPSA) is 42.7 Å². The van der Waals surface area contributed by atoms with Crippen LogP contribution in [0.25, 0.3) is 0 Å². The molecule has 2 atom stereocenters. The molecule has 2 fully saturated rings. The van der Waals surface area contributed by atoms with Gasteiger partial charge in [-0.05, 0) is 37.8 Å². The lowest BCUT2D eigenvalue weighted by Crippen LogP contribution is -2.41. The third-order valence-corrected chi connectivity index (χ3v) is 4.60.